The second-order valence-electron chi connectivity index (χ2n) is 1.25. The minimum absolute atomic E-state index is 0.0324. The molecule has 0 atom stereocenters. The van der Waals surface area contributed by atoms with Crippen LogP contribution in [0.15, 0.2) is 9.97 Å². The zero-order chi connectivity index (χ0) is 6.91. The molecule has 0 aliphatic carbocycles. The topological polar surface area (TPSA) is 67.3 Å². The molecule has 1 aromatic rings. The molecule has 6 heteroatoms. The predicted octanol–water partition coefficient (Wildman–Crippen LogP) is -0.815. The van der Waals surface area contributed by atoms with Crippen molar-refractivity contribution in [3.63, 3.8) is 0 Å². The molecule has 0 fully saturated rings. The van der Waals surface area contributed by atoms with E-state index in [1.807, 2.05) is 0 Å². The summed E-state index contributed by atoms with van der Waals surface area (Å²) in [5.74, 6) is 0. The Bertz CT molecular complexity index is 276. The Morgan fingerprint density at radius 3 is 2.67 bits per heavy atom. The van der Waals surface area contributed by atoms with Gasteiger partial charge < -0.3 is 0 Å². The van der Waals surface area contributed by atoms with Crippen LogP contribution in [0, 0.1) is 5.07 Å². The first-order valence-corrected chi connectivity index (χ1v) is 5.05. The Hall–Kier alpha value is -0.161. The Morgan fingerprint density at radius 1 is 1.78 bits per heavy atom. The van der Waals surface area contributed by atoms with E-state index in [1.54, 1.807) is 0 Å². The van der Waals surface area contributed by atoms with E-state index in [2.05, 4.69) is 10.1 Å². The number of hydrogen-bond donors (Lipinski definition) is 1. The quantitative estimate of drug-likeness (QED) is 0.487. The van der Waals surface area contributed by atoms with Crippen LogP contribution in [-0.2, 0) is 10.1 Å². The van der Waals surface area contributed by atoms with Crippen LogP contribution in [0.3, 0.4) is 0 Å². The molecule has 0 aliphatic rings. The minimum atomic E-state index is -3.97. The van der Waals surface area contributed by atoms with Crippen LogP contribution in [0.5, 0.6) is 0 Å². The molecule has 1 aromatic heterocycles. The molecular formula is C3H2NO3SSe. The van der Waals surface area contributed by atoms with Crippen molar-refractivity contribution in [1.29, 1.82) is 0 Å². The average molecular weight is 211 g/mol. The van der Waals surface area contributed by atoms with E-state index < -0.39 is 24.6 Å². The van der Waals surface area contributed by atoms with Gasteiger partial charge in [-0.2, -0.15) is 0 Å². The van der Waals surface area contributed by atoms with Crippen LogP contribution < -0.4 is 0 Å². The van der Waals surface area contributed by atoms with Crippen molar-refractivity contribution in [3.8, 4) is 0 Å². The van der Waals surface area contributed by atoms with Gasteiger partial charge in [0.2, 0.25) is 0 Å². The van der Waals surface area contributed by atoms with E-state index in [9.17, 15) is 8.42 Å². The Balaban J connectivity index is 3.20. The normalized spacial score (nSPS) is 11.7. The molecular weight excluding hydrogens is 209 g/mol. The molecule has 1 radical (unpaired) electrons. The molecule has 9 heavy (non-hydrogen) atoms. The van der Waals surface area contributed by atoms with Crippen molar-refractivity contribution in [1.82, 2.24) is 4.98 Å². The van der Waals surface area contributed by atoms with E-state index in [1.165, 1.54) is 0 Å². The van der Waals surface area contributed by atoms with Gasteiger partial charge in [-0.05, 0) is 0 Å². The van der Waals surface area contributed by atoms with Crippen LogP contribution in [-0.4, -0.2) is 32.5 Å². The molecule has 4 nitrogen and oxygen atoms in total. The van der Waals surface area contributed by atoms with E-state index >= 15 is 0 Å². The van der Waals surface area contributed by atoms with Crippen molar-refractivity contribution in [2.75, 3.05) is 0 Å². The van der Waals surface area contributed by atoms with Crippen molar-refractivity contribution in [3.05, 3.63) is 11.3 Å². The van der Waals surface area contributed by atoms with Gasteiger partial charge in [-0.15, -0.1) is 0 Å². The molecule has 0 aromatic carbocycles. The van der Waals surface area contributed by atoms with E-state index in [0.717, 1.165) is 6.20 Å². The second kappa shape index (κ2) is 2.22. The molecule has 0 unspecified atom stereocenters. The summed E-state index contributed by atoms with van der Waals surface area (Å²) in [5, 5.41) is 2.43. The standard InChI is InChI=1S/C3H2NO3SSe/c5-8(6,7)3-1-4-2-9-3/h1H,(H,5,6,7). The zero-order valence-corrected chi connectivity index (χ0v) is 6.63. The SMILES string of the molecule is O=S(=O)(O)c1cn[c][se]1. The molecule has 0 saturated heterocycles. The maximum absolute atomic E-state index is 10.2. The van der Waals surface area contributed by atoms with Crippen molar-refractivity contribution >= 4 is 24.6 Å². The van der Waals surface area contributed by atoms with Gasteiger partial charge in [-0.3, -0.25) is 0 Å². The van der Waals surface area contributed by atoms with Crippen LogP contribution in [0.2, 0.25) is 0 Å². The Kier molecular flexibility index (Phi) is 1.72. The predicted molar refractivity (Wildman–Crippen MR) is 29.8 cm³/mol. The van der Waals surface area contributed by atoms with Crippen LogP contribution >= 0.6 is 0 Å². The fourth-order valence-corrected chi connectivity index (χ4v) is 2.07. The molecule has 1 heterocycles. The Labute approximate surface area is 58.0 Å². The first-order valence-electron chi connectivity index (χ1n) is 1.90. The molecule has 0 saturated carbocycles. The summed E-state index contributed by atoms with van der Waals surface area (Å²) in [7, 11) is -3.97. The first kappa shape index (κ1) is 6.95. The molecule has 0 bridgehead atoms. The number of nitrogens with zero attached hydrogens (tertiary/aromatic N) is 1. The number of hydrogen-bond acceptors (Lipinski definition) is 3. The summed E-state index contributed by atoms with van der Waals surface area (Å²) in [6.07, 6.45) is 1.11. The third kappa shape index (κ3) is 1.62. The molecule has 1 N–H and O–H groups in total. The summed E-state index contributed by atoms with van der Waals surface area (Å²) in [5.41, 5.74) is 0. The number of rotatable bonds is 1. The third-order valence-electron chi connectivity index (χ3n) is 0.623. The third-order valence-corrected chi connectivity index (χ3v) is 4.05. The summed E-state index contributed by atoms with van der Waals surface area (Å²) >= 11 is -0.423. The summed E-state index contributed by atoms with van der Waals surface area (Å²) in [4.78, 5) is 3.41. The van der Waals surface area contributed by atoms with Crippen LogP contribution in [0.25, 0.3) is 0 Å². The first-order chi connectivity index (χ1) is 4.11. The fraction of sp³-hybridized carbons (Fsp3) is 0. The van der Waals surface area contributed by atoms with Crippen molar-refractivity contribution < 1.29 is 13.0 Å². The van der Waals surface area contributed by atoms with Gasteiger partial charge in [0, 0.05) is 0 Å². The average Bonchev–Trinajstić information content (AvgIpc) is 2.08. The van der Waals surface area contributed by atoms with Gasteiger partial charge in [-0.25, -0.2) is 0 Å². The van der Waals surface area contributed by atoms with E-state index in [0.29, 0.717) is 0 Å². The summed E-state index contributed by atoms with van der Waals surface area (Å²) < 4.78 is 28.8. The fourth-order valence-electron chi connectivity index (χ4n) is 0.296. The monoisotopic (exact) mass is 212 g/mol. The summed E-state index contributed by atoms with van der Waals surface area (Å²) in [6.45, 7) is 0. The molecule has 0 spiro atoms. The Morgan fingerprint density at radius 2 is 2.44 bits per heavy atom. The summed E-state index contributed by atoms with van der Waals surface area (Å²) in [6, 6.07) is 0. The van der Waals surface area contributed by atoms with Gasteiger partial charge in [0.15, 0.2) is 0 Å². The second-order valence-corrected chi connectivity index (χ2v) is 4.95. The molecule has 0 aliphatic heterocycles. The van der Waals surface area contributed by atoms with Gasteiger partial charge in [0.1, 0.15) is 0 Å². The van der Waals surface area contributed by atoms with E-state index in [-0.39, 0.29) is 3.77 Å². The number of aromatic nitrogens is 1. The zero-order valence-electron chi connectivity index (χ0n) is 4.10. The van der Waals surface area contributed by atoms with Gasteiger partial charge >= 0.3 is 57.6 Å². The van der Waals surface area contributed by atoms with Crippen molar-refractivity contribution in [2.24, 2.45) is 0 Å². The van der Waals surface area contributed by atoms with Crippen molar-refractivity contribution in [2.45, 2.75) is 3.77 Å². The van der Waals surface area contributed by atoms with Gasteiger partial charge in [0.25, 0.3) is 0 Å². The van der Waals surface area contributed by atoms with Crippen LogP contribution in [0.4, 0.5) is 0 Å². The van der Waals surface area contributed by atoms with Gasteiger partial charge in [0.05, 0.1) is 0 Å². The molecule has 49 valence electrons. The molecule has 1 rings (SSSR count). The molecule has 0 amide bonds. The maximum atomic E-state index is 10.2. The van der Waals surface area contributed by atoms with Gasteiger partial charge in [-0.1, -0.05) is 0 Å². The van der Waals surface area contributed by atoms with Crippen LogP contribution in [0.1, 0.15) is 0 Å². The van der Waals surface area contributed by atoms with E-state index in [4.69, 9.17) is 4.55 Å².